The first-order valence-corrected chi connectivity index (χ1v) is 5.77. The van der Waals surface area contributed by atoms with Crippen molar-refractivity contribution in [1.82, 2.24) is 9.88 Å². The van der Waals surface area contributed by atoms with Crippen LogP contribution >= 0.6 is 0 Å². The number of carbonyl (C=O) groups excluding carboxylic acids is 1. The lowest BCUT2D eigenvalue weighted by molar-refractivity contribution is -0.227. The van der Waals surface area contributed by atoms with Crippen LogP contribution in [-0.4, -0.2) is 46.1 Å². The van der Waals surface area contributed by atoms with E-state index >= 15 is 0 Å². The Balaban J connectivity index is 2.24. The summed E-state index contributed by atoms with van der Waals surface area (Å²) in [7, 11) is 0. The number of halogens is 3. The third kappa shape index (κ3) is 2.21. The molecule has 1 unspecified atom stereocenters. The van der Waals surface area contributed by atoms with Crippen molar-refractivity contribution in [3.8, 4) is 0 Å². The fraction of sp³-hybridized carbons (Fsp3) is 0.417. The molecule has 0 aromatic carbocycles. The maximum absolute atomic E-state index is 13.0. The minimum Gasteiger partial charge on any atom is -0.481 e. The smallest absolute Gasteiger partial charge is 0.406 e. The Hall–Kier alpha value is -2.12. The fourth-order valence-electron chi connectivity index (χ4n) is 2.18. The molecule has 8 heteroatoms. The Labute approximate surface area is 112 Å². The highest BCUT2D eigenvalue weighted by atomic mass is 19.4. The summed E-state index contributed by atoms with van der Waals surface area (Å²) in [6.07, 6.45) is -2.88. The minimum absolute atomic E-state index is 0.135. The Morgan fingerprint density at radius 3 is 2.55 bits per heavy atom. The van der Waals surface area contributed by atoms with E-state index in [0.29, 0.717) is 0 Å². The number of hydrogen-bond acceptors (Lipinski definition) is 3. The molecule has 5 nitrogen and oxygen atoms in total. The van der Waals surface area contributed by atoms with E-state index in [-0.39, 0.29) is 12.1 Å². The number of nitrogens with zero attached hydrogens (tertiary/aromatic N) is 2. The van der Waals surface area contributed by atoms with Crippen LogP contribution in [-0.2, 0) is 4.79 Å². The van der Waals surface area contributed by atoms with Crippen molar-refractivity contribution in [2.45, 2.75) is 12.6 Å². The second kappa shape index (κ2) is 4.77. The number of carboxylic acids is 1. The van der Waals surface area contributed by atoms with Gasteiger partial charge in [-0.05, 0) is 18.6 Å². The third-order valence-electron chi connectivity index (χ3n) is 3.42. The number of aliphatic carboxylic acids is 1. The molecule has 0 bridgehead atoms. The normalized spacial score (nSPS) is 22.9. The lowest BCUT2D eigenvalue weighted by atomic mass is 9.86. The van der Waals surface area contributed by atoms with Gasteiger partial charge in [0.2, 0.25) is 0 Å². The van der Waals surface area contributed by atoms with Gasteiger partial charge in [0, 0.05) is 25.5 Å². The Morgan fingerprint density at radius 1 is 1.40 bits per heavy atom. The van der Waals surface area contributed by atoms with Crippen molar-refractivity contribution >= 4 is 11.9 Å². The summed E-state index contributed by atoms with van der Waals surface area (Å²) >= 11 is 0. The lowest BCUT2D eigenvalue weighted by Crippen LogP contribution is -2.47. The molecule has 108 valence electrons. The predicted molar refractivity (Wildman–Crippen MR) is 60.9 cm³/mol. The van der Waals surface area contributed by atoms with Gasteiger partial charge in [0.15, 0.2) is 5.41 Å². The van der Waals surface area contributed by atoms with Gasteiger partial charge >= 0.3 is 12.1 Å². The van der Waals surface area contributed by atoms with Gasteiger partial charge in [-0.15, -0.1) is 0 Å². The zero-order valence-corrected chi connectivity index (χ0v) is 10.2. The lowest BCUT2D eigenvalue weighted by Gasteiger charge is -2.27. The van der Waals surface area contributed by atoms with Crippen LogP contribution < -0.4 is 0 Å². The van der Waals surface area contributed by atoms with Crippen LogP contribution in [0.3, 0.4) is 0 Å². The third-order valence-corrected chi connectivity index (χ3v) is 3.42. The molecule has 0 saturated carbocycles. The van der Waals surface area contributed by atoms with Gasteiger partial charge in [-0.1, -0.05) is 0 Å². The van der Waals surface area contributed by atoms with Gasteiger partial charge in [-0.3, -0.25) is 14.6 Å². The van der Waals surface area contributed by atoms with Crippen molar-refractivity contribution < 1.29 is 27.9 Å². The first-order valence-electron chi connectivity index (χ1n) is 5.77. The van der Waals surface area contributed by atoms with E-state index in [1.807, 2.05) is 0 Å². The number of aromatic nitrogens is 1. The predicted octanol–water partition coefficient (Wildman–Crippen LogP) is 1.56. The van der Waals surface area contributed by atoms with Crippen LogP contribution in [0, 0.1) is 5.41 Å². The molecule has 1 fully saturated rings. The summed E-state index contributed by atoms with van der Waals surface area (Å²) in [5, 5.41) is 8.90. The number of likely N-dealkylation sites (tertiary alicyclic amines) is 1. The monoisotopic (exact) mass is 288 g/mol. The van der Waals surface area contributed by atoms with Crippen LogP contribution in [0.25, 0.3) is 0 Å². The maximum atomic E-state index is 13.0. The van der Waals surface area contributed by atoms with Crippen molar-refractivity contribution in [1.29, 1.82) is 0 Å². The van der Waals surface area contributed by atoms with Crippen molar-refractivity contribution in [2.24, 2.45) is 5.41 Å². The van der Waals surface area contributed by atoms with Gasteiger partial charge in [0.1, 0.15) is 0 Å². The van der Waals surface area contributed by atoms with E-state index in [4.69, 9.17) is 5.11 Å². The molecular formula is C12H11F3N2O3. The van der Waals surface area contributed by atoms with Gasteiger partial charge in [-0.2, -0.15) is 13.2 Å². The standard InChI is InChI=1S/C12H11F3N2O3/c13-12(14,15)11(10(19)20)3-5-17(7-11)9(18)8-2-1-4-16-6-8/h1-2,4,6H,3,5,7H2,(H,19,20). The maximum Gasteiger partial charge on any atom is 0.406 e. The molecule has 1 aliphatic heterocycles. The molecular weight excluding hydrogens is 277 g/mol. The highest BCUT2D eigenvalue weighted by molar-refractivity contribution is 5.94. The molecule has 1 aromatic heterocycles. The van der Waals surface area contributed by atoms with Gasteiger partial charge < -0.3 is 10.0 Å². The number of carbonyl (C=O) groups is 2. The number of pyridine rings is 1. The highest BCUT2D eigenvalue weighted by Gasteiger charge is 2.64. The molecule has 1 saturated heterocycles. The molecule has 20 heavy (non-hydrogen) atoms. The number of rotatable bonds is 2. The Morgan fingerprint density at radius 2 is 2.10 bits per heavy atom. The zero-order chi connectivity index (χ0) is 15.0. The van der Waals surface area contributed by atoms with E-state index in [1.54, 1.807) is 0 Å². The molecule has 1 aromatic rings. The molecule has 0 aliphatic carbocycles. The van der Waals surface area contributed by atoms with Crippen LogP contribution in [0.5, 0.6) is 0 Å². The molecule has 2 rings (SSSR count). The van der Waals surface area contributed by atoms with Gasteiger partial charge in [-0.25, -0.2) is 0 Å². The molecule has 1 amide bonds. The topological polar surface area (TPSA) is 70.5 Å². The summed E-state index contributed by atoms with van der Waals surface area (Å²) in [6.45, 7) is -1.13. The summed E-state index contributed by atoms with van der Waals surface area (Å²) in [6, 6.07) is 2.90. The molecule has 1 N–H and O–H groups in total. The molecule has 1 atom stereocenters. The Bertz CT molecular complexity index is 532. The average molecular weight is 288 g/mol. The van der Waals surface area contributed by atoms with Crippen molar-refractivity contribution in [3.05, 3.63) is 30.1 Å². The van der Waals surface area contributed by atoms with Gasteiger partial charge in [0.25, 0.3) is 5.91 Å². The number of amides is 1. The molecule has 1 aliphatic rings. The number of alkyl halides is 3. The van der Waals surface area contributed by atoms with E-state index < -0.39 is 36.4 Å². The van der Waals surface area contributed by atoms with E-state index in [0.717, 1.165) is 4.90 Å². The average Bonchev–Trinajstić information content (AvgIpc) is 2.85. The Kier molecular flexibility index (Phi) is 3.41. The molecule has 0 spiro atoms. The summed E-state index contributed by atoms with van der Waals surface area (Å²) in [5.74, 6) is -2.60. The summed E-state index contributed by atoms with van der Waals surface area (Å²) < 4.78 is 38.9. The van der Waals surface area contributed by atoms with E-state index in [1.165, 1.54) is 24.5 Å². The molecule has 2 heterocycles. The second-order valence-corrected chi connectivity index (χ2v) is 4.60. The number of hydrogen-bond donors (Lipinski definition) is 1. The summed E-state index contributed by atoms with van der Waals surface area (Å²) in [4.78, 5) is 27.6. The second-order valence-electron chi connectivity index (χ2n) is 4.60. The quantitative estimate of drug-likeness (QED) is 0.896. The van der Waals surface area contributed by atoms with Crippen LogP contribution in [0.15, 0.2) is 24.5 Å². The van der Waals surface area contributed by atoms with E-state index in [2.05, 4.69) is 4.98 Å². The van der Waals surface area contributed by atoms with Gasteiger partial charge in [0.05, 0.1) is 5.56 Å². The van der Waals surface area contributed by atoms with Crippen LogP contribution in [0.1, 0.15) is 16.8 Å². The van der Waals surface area contributed by atoms with Crippen molar-refractivity contribution in [3.63, 3.8) is 0 Å². The number of carboxylic acid groups (broad SMARTS) is 1. The zero-order valence-electron chi connectivity index (χ0n) is 10.2. The van der Waals surface area contributed by atoms with E-state index in [9.17, 15) is 22.8 Å². The SMILES string of the molecule is O=C(c1cccnc1)N1CCC(C(=O)O)(C(F)(F)F)C1. The van der Waals surface area contributed by atoms with Crippen LogP contribution in [0.2, 0.25) is 0 Å². The summed E-state index contributed by atoms with van der Waals surface area (Å²) in [5.41, 5.74) is -2.75. The largest absolute Gasteiger partial charge is 0.481 e. The van der Waals surface area contributed by atoms with Crippen LogP contribution in [0.4, 0.5) is 13.2 Å². The minimum atomic E-state index is -4.90. The first kappa shape index (κ1) is 14.3. The first-order chi connectivity index (χ1) is 9.28. The fourth-order valence-corrected chi connectivity index (χ4v) is 2.18. The molecule has 0 radical (unpaired) electrons. The van der Waals surface area contributed by atoms with Crippen molar-refractivity contribution in [2.75, 3.05) is 13.1 Å². The highest BCUT2D eigenvalue weighted by Crippen LogP contribution is 2.45.